The van der Waals surface area contributed by atoms with Crippen LogP contribution in [0, 0.1) is 0 Å². The minimum absolute atomic E-state index is 0.694. The summed E-state index contributed by atoms with van der Waals surface area (Å²) >= 11 is 5.07. The first-order valence-electron chi connectivity index (χ1n) is 5.19. The Morgan fingerprint density at radius 3 is 3.12 bits per heavy atom. The number of oxazole rings is 1. The smallest absolute Gasteiger partial charge is 0.208 e. The van der Waals surface area contributed by atoms with Crippen LogP contribution in [0.15, 0.2) is 25.8 Å². The van der Waals surface area contributed by atoms with E-state index in [1.807, 2.05) is 11.4 Å². The Morgan fingerprint density at radius 1 is 1.56 bits per heavy atom. The molecule has 0 aliphatic rings. The molecule has 1 N–H and O–H groups in total. The number of rotatable bonds is 5. The van der Waals surface area contributed by atoms with Crippen LogP contribution in [-0.4, -0.2) is 11.5 Å². The van der Waals surface area contributed by atoms with Gasteiger partial charge in [-0.3, -0.25) is 0 Å². The van der Waals surface area contributed by atoms with E-state index in [4.69, 9.17) is 4.42 Å². The SMILES string of the molecule is CCCNCc1ncc(-c2csc(Br)c2)o1. The largest absolute Gasteiger partial charge is 0.439 e. The zero-order valence-corrected chi connectivity index (χ0v) is 11.4. The van der Waals surface area contributed by atoms with Gasteiger partial charge in [0, 0.05) is 10.9 Å². The number of hydrogen-bond donors (Lipinski definition) is 1. The molecule has 0 fully saturated rings. The molecule has 0 spiro atoms. The molecule has 5 heteroatoms. The fourth-order valence-corrected chi connectivity index (χ4v) is 2.48. The lowest BCUT2D eigenvalue weighted by molar-refractivity contribution is 0.478. The summed E-state index contributed by atoms with van der Waals surface area (Å²) in [5, 5.41) is 5.31. The highest BCUT2D eigenvalue weighted by molar-refractivity contribution is 9.11. The van der Waals surface area contributed by atoms with Crippen molar-refractivity contribution in [2.75, 3.05) is 6.54 Å². The van der Waals surface area contributed by atoms with Gasteiger partial charge in [0.15, 0.2) is 5.76 Å². The van der Waals surface area contributed by atoms with Crippen LogP contribution < -0.4 is 5.32 Å². The topological polar surface area (TPSA) is 38.1 Å². The average Bonchev–Trinajstić information content (AvgIpc) is 2.87. The summed E-state index contributed by atoms with van der Waals surface area (Å²) in [5.41, 5.74) is 1.08. The molecule has 16 heavy (non-hydrogen) atoms. The molecule has 2 heterocycles. The van der Waals surface area contributed by atoms with Crippen molar-refractivity contribution in [3.63, 3.8) is 0 Å². The van der Waals surface area contributed by atoms with Crippen molar-refractivity contribution in [3.8, 4) is 11.3 Å². The second kappa shape index (κ2) is 5.61. The Morgan fingerprint density at radius 2 is 2.44 bits per heavy atom. The van der Waals surface area contributed by atoms with E-state index in [-0.39, 0.29) is 0 Å². The summed E-state index contributed by atoms with van der Waals surface area (Å²) in [5.74, 6) is 1.57. The van der Waals surface area contributed by atoms with Crippen molar-refractivity contribution in [3.05, 3.63) is 27.3 Å². The molecule has 0 saturated heterocycles. The zero-order chi connectivity index (χ0) is 11.4. The van der Waals surface area contributed by atoms with Crippen LogP contribution in [0.1, 0.15) is 19.2 Å². The summed E-state index contributed by atoms with van der Waals surface area (Å²) in [6.07, 6.45) is 2.89. The van der Waals surface area contributed by atoms with Crippen molar-refractivity contribution >= 4 is 27.3 Å². The molecule has 0 radical (unpaired) electrons. The van der Waals surface area contributed by atoms with E-state index in [1.54, 1.807) is 17.5 Å². The number of hydrogen-bond acceptors (Lipinski definition) is 4. The fraction of sp³-hybridized carbons (Fsp3) is 0.364. The first-order chi connectivity index (χ1) is 7.79. The second-order valence-electron chi connectivity index (χ2n) is 3.43. The van der Waals surface area contributed by atoms with Gasteiger partial charge in [-0.2, -0.15) is 0 Å². The third kappa shape index (κ3) is 2.93. The molecule has 0 saturated carbocycles. The van der Waals surface area contributed by atoms with Gasteiger partial charge in [-0.15, -0.1) is 11.3 Å². The van der Waals surface area contributed by atoms with Crippen molar-refractivity contribution in [1.29, 1.82) is 0 Å². The maximum Gasteiger partial charge on any atom is 0.208 e. The molecule has 2 rings (SSSR count). The molecule has 0 amide bonds. The average molecular weight is 301 g/mol. The first kappa shape index (κ1) is 11.8. The molecule has 2 aromatic heterocycles. The van der Waals surface area contributed by atoms with E-state index >= 15 is 0 Å². The number of halogens is 1. The highest BCUT2D eigenvalue weighted by Crippen LogP contribution is 2.29. The standard InChI is InChI=1S/C11H13BrN2OS/c1-2-3-13-6-11-14-5-9(15-11)8-4-10(12)16-7-8/h4-5,7,13H,2-3,6H2,1H3. The molecule has 2 aromatic rings. The summed E-state index contributed by atoms with van der Waals surface area (Å²) < 4.78 is 6.74. The number of nitrogens with zero attached hydrogens (tertiary/aromatic N) is 1. The summed E-state index contributed by atoms with van der Waals surface area (Å²) in [4.78, 5) is 4.23. The lowest BCUT2D eigenvalue weighted by Crippen LogP contribution is -2.13. The van der Waals surface area contributed by atoms with E-state index < -0.39 is 0 Å². The summed E-state index contributed by atoms with van der Waals surface area (Å²) in [6, 6.07) is 2.04. The van der Waals surface area contributed by atoms with Crippen LogP contribution in [0.2, 0.25) is 0 Å². The third-order valence-corrected chi connectivity index (χ3v) is 3.61. The molecule has 0 aromatic carbocycles. The van der Waals surface area contributed by atoms with Gasteiger partial charge in [-0.05, 0) is 35.0 Å². The molecule has 0 unspecified atom stereocenters. The Kier molecular flexibility index (Phi) is 4.15. The molecule has 86 valence electrons. The van der Waals surface area contributed by atoms with E-state index in [0.717, 1.165) is 34.0 Å². The van der Waals surface area contributed by atoms with Crippen LogP contribution in [-0.2, 0) is 6.54 Å². The van der Waals surface area contributed by atoms with Crippen molar-refractivity contribution in [2.24, 2.45) is 0 Å². The zero-order valence-electron chi connectivity index (χ0n) is 9.00. The van der Waals surface area contributed by atoms with Crippen LogP contribution in [0.5, 0.6) is 0 Å². The first-order valence-corrected chi connectivity index (χ1v) is 6.86. The van der Waals surface area contributed by atoms with E-state index in [2.05, 4.69) is 33.2 Å². The Bertz CT molecular complexity index is 452. The van der Waals surface area contributed by atoms with E-state index in [1.165, 1.54) is 0 Å². The van der Waals surface area contributed by atoms with Crippen LogP contribution in [0.25, 0.3) is 11.3 Å². The lowest BCUT2D eigenvalue weighted by Gasteiger charge is -1.97. The number of aromatic nitrogens is 1. The van der Waals surface area contributed by atoms with Crippen molar-refractivity contribution in [2.45, 2.75) is 19.9 Å². The molecular weight excluding hydrogens is 288 g/mol. The third-order valence-electron chi connectivity index (χ3n) is 2.11. The molecule has 0 bridgehead atoms. The fourth-order valence-electron chi connectivity index (χ4n) is 1.34. The monoisotopic (exact) mass is 300 g/mol. The van der Waals surface area contributed by atoms with Crippen LogP contribution >= 0.6 is 27.3 Å². The minimum Gasteiger partial charge on any atom is -0.439 e. The molecule has 3 nitrogen and oxygen atoms in total. The molecule has 0 atom stereocenters. The summed E-state index contributed by atoms with van der Waals surface area (Å²) in [6.45, 7) is 3.82. The lowest BCUT2D eigenvalue weighted by atomic mass is 10.3. The number of thiophene rings is 1. The Hall–Kier alpha value is -0.650. The Balaban J connectivity index is 2.02. The van der Waals surface area contributed by atoms with E-state index in [9.17, 15) is 0 Å². The minimum atomic E-state index is 0.694. The maximum atomic E-state index is 5.64. The highest BCUT2D eigenvalue weighted by Gasteiger charge is 2.07. The molecule has 0 aliphatic carbocycles. The summed E-state index contributed by atoms with van der Waals surface area (Å²) in [7, 11) is 0. The second-order valence-corrected chi connectivity index (χ2v) is 5.72. The van der Waals surface area contributed by atoms with Crippen molar-refractivity contribution in [1.82, 2.24) is 10.3 Å². The van der Waals surface area contributed by atoms with Crippen LogP contribution in [0.4, 0.5) is 0 Å². The van der Waals surface area contributed by atoms with Gasteiger partial charge in [-0.25, -0.2) is 4.98 Å². The van der Waals surface area contributed by atoms with Gasteiger partial charge >= 0.3 is 0 Å². The molecular formula is C11H13BrN2OS. The quantitative estimate of drug-likeness (QED) is 0.856. The van der Waals surface area contributed by atoms with Gasteiger partial charge in [0.05, 0.1) is 16.5 Å². The van der Waals surface area contributed by atoms with Gasteiger partial charge < -0.3 is 9.73 Å². The normalized spacial score (nSPS) is 10.9. The predicted molar refractivity (Wildman–Crippen MR) is 69.5 cm³/mol. The predicted octanol–water partition coefficient (Wildman–Crippen LogP) is 3.67. The van der Waals surface area contributed by atoms with Gasteiger partial charge in [0.25, 0.3) is 0 Å². The van der Waals surface area contributed by atoms with Crippen molar-refractivity contribution < 1.29 is 4.42 Å². The Labute approximate surface area is 107 Å². The maximum absolute atomic E-state index is 5.64. The highest BCUT2D eigenvalue weighted by atomic mass is 79.9. The van der Waals surface area contributed by atoms with Crippen LogP contribution in [0.3, 0.4) is 0 Å². The van der Waals surface area contributed by atoms with E-state index in [0.29, 0.717) is 6.54 Å². The number of nitrogens with one attached hydrogen (secondary N) is 1. The van der Waals surface area contributed by atoms with Gasteiger partial charge in [0.2, 0.25) is 5.89 Å². The van der Waals surface area contributed by atoms with Gasteiger partial charge in [0.1, 0.15) is 0 Å². The van der Waals surface area contributed by atoms with Gasteiger partial charge in [-0.1, -0.05) is 6.92 Å². The molecule has 0 aliphatic heterocycles.